The zero-order valence-corrected chi connectivity index (χ0v) is 12.8. The molecule has 1 saturated heterocycles. The molecule has 1 unspecified atom stereocenters. The highest BCUT2D eigenvalue weighted by Gasteiger charge is 2.28. The molecule has 1 aliphatic heterocycles. The van der Waals surface area contributed by atoms with Crippen LogP contribution in [0.2, 0.25) is 0 Å². The second-order valence-corrected chi connectivity index (χ2v) is 7.20. The summed E-state index contributed by atoms with van der Waals surface area (Å²) in [5, 5.41) is 9.20. The fourth-order valence-corrected chi connectivity index (χ4v) is 3.96. The van der Waals surface area contributed by atoms with E-state index in [0.29, 0.717) is 18.8 Å². The molecule has 0 spiro atoms. The summed E-state index contributed by atoms with van der Waals surface area (Å²) in [4.78, 5) is 0. The molecule has 0 aliphatic carbocycles. The van der Waals surface area contributed by atoms with Crippen molar-refractivity contribution in [3.8, 4) is 0 Å². The highest BCUT2D eigenvalue weighted by molar-refractivity contribution is 7.90. The van der Waals surface area contributed by atoms with Crippen LogP contribution in [0.1, 0.15) is 24.0 Å². The number of piperidine rings is 1. The summed E-state index contributed by atoms with van der Waals surface area (Å²) in [6.45, 7) is 4.81. The number of aliphatic hydroxyl groups is 1. The number of nitrogens with zero attached hydrogens (tertiary/aromatic N) is 1. The van der Waals surface area contributed by atoms with Gasteiger partial charge in [0.25, 0.3) is 0 Å². The third-order valence-electron chi connectivity index (χ3n) is 3.55. The van der Waals surface area contributed by atoms with E-state index in [1.165, 1.54) is 4.31 Å². The van der Waals surface area contributed by atoms with Crippen LogP contribution in [-0.2, 0) is 10.2 Å². The molecule has 0 aromatic heterocycles. The molecule has 5 nitrogen and oxygen atoms in total. The number of benzene rings is 1. The van der Waals surface area contributed by atoms with Crippen LogP contribution in [-0.4, -0.2) is 37.5 Å². The highest BCUT2D eigenvalue weighted by Crippen LogP contribution is 2.21. The molecule has 0 bridgehead atoms. The van der Waals surface area contributed by atoms with Crippen LogP contribution >= 0.6 is 0 Å². The fourth-order valence-electron chi connectivity index (χ4n) is 2.64. The molecule has 1 heterocycles. The van der Waals surface area contributed by atoms with E-state index >= 15 is 0 Å². The Kier molecular flexibility index (Phi) is 4.67. The largest absolute Gasteiger partial charge is 0.396 e. The number of aryl methyl sites for hydroxylation is 2. The number of nitrogens with one attached hydrogen (secondary N) is 1. The van der Waals surface area contributed by atoms with Gasteiger partial charge < -0.3 is 5.11 Å². The Morgan fingerprint density at radius 2 is 1.95 bits per heavy atom. The number of anilines is 1. The lowest BCUT2D eigenvalue weighted by atomic mass is 10.0. The van der Waals surface area contributed by atoms with Crippen LogP contribution in [0.15, 0.2) is 18.2 Å². The van der Waals surface area contributed by atoms with E-state index in [2.05, 4.69) is 4.72 Å². The molecule has 0 saturated carbocycles. The Hall–Kier alpha value is -1.11. The maximum Gasteiger partial charge on any atom is 0.301 e. The minimum absolute atomic E-state index is 0.0373. The molecular formula is C14H22N2O3S. The van der Waals surface area contributed by atoms with Gasteiger partial charge in [-0.3, -0.25) is 4.72 Å². The fraction of sp³-hybridized carbons (Fsp3) is 0.571. The van der Waals surface area contributed by atoms with Gasteiger partial charge in [0.05, 0.1) is 5.69 Å². The van der Waals surface area contributed by atoms with Crippen molar-refractivity contribution in [2.75, 3.05) is 24.4 Å². The molecule has 2 N–H and O–H groups in total. The van der Waals surface area contributed by atoms with Gasteiger partial charge in [-0.1, -0.05) is 6.07 Å². The predicted octanol–water partition coefficient (Wildman–Crippen LogP) is 1.66. The molecule has 1 aliphatic rings. The Balaban J connectivity index is 2.14. The van der Waals surface area contributed by atoms with Gasteiger partial charge in [-0.2, -0.15) is 12.7 Å². The Morgan fingerprint density at radius 3 is 2.55 bits per heavy atom. The van der Waals surface area contributed by atoms with E-state index in [0.717, 1.165) is 24.0 Å². The lowest BCUT2D eigenvalue weighted by Crippen LogP contribution is -2.43. The van der Waals surface area contributed by atoms with Crippen molar-refractivity contribution in [1.82, 2.24) is 4.31 Å². The zero-order chi connectivity index (χ0) is 14.8. The molecule has 6 heteroatoms. The van der Waals surface area contributed by atoms with Gasteiger partial charge in [0, 0.05) is 19.7 Å². The third-order valence-corrected chi connectivity index (χ3v) is 5.05. The summed E-state index contributed by atoms with van der Waals surface area (Å²) in [6, 6.07) is 5.64. The summed E-state index contributed by atoms with van der Waals surface area (Å²) < 4.78 is 28.8. The first kappa shape index (κ1) is 15.3. The lowest BCUT2D eigenvalue weighted by Gasteiger charge is -2.31. The van der Waals surface area contributed by atoms with Crippen LogP contribution in [0.3, 0.4) is 0 Å². The zero-order valence-electron chi connectivity index (χ0n) is 12.0. The molecule has 0 radical (unpaired) electrons. The molecule has 0 amide bonds. The van der Waals surface area contributed by atoms with Crippen molar-refractivity contribution in [2.24, 2.45) is 5.92 Å². The Morgan fingerprint density at radius 1 is 1.30 bits per heavy atom. The van der Waals surface area contributed by atoms with Gasteiger partial charge in [-0.05, 0) is 55.9 Å². The van der Waals surface area contributed by atoms with Crippen molar-refractivity contribution in [3.05, 3.63) is 29.3 Å². The minimum Gasteiger partial charge on any atom is -0.396 e. The summed E-state index contributed by atoms with van der Waals surface area (Å²) in [5.41, 5.74) is 2.64. The summed E-state index contributed by atoms with van der Waals surface area (Å²) in [7, 11) is -3.54. The van der Waals surface area contributed by atoms with Gasteiger partial charge in [-0.25, -0.2) is 0 Å². The van der Waals surface area contributed by atoms with Crippen LogP contribution in [0.5, 0.6) is 0 Å². The molecular weight excluding hydrogens is 276 g/mol. The van der Waals surface area contributed by atoms with E-state index in [9.17, 15) is 13.5 Å². The smallest absolute Gasteiger partial charge is 0.301 e. The van der Waals surface area contributed by atoms with Crippen LogP contribution in [0, 0.1) is 19.8 Å². The minimum atomic E-state index is -3.54. The van der Waals surface area contributed by atoms with E-state index in [4.69, 9.17) is 0 Å². The summed E-state index contributed by atoms with van der Waals surface area (Å²) >= 11 is 0. The second-order valence-electron chi connectivity index (χ2n) is 5.53. The molecule has 20 heavy (non-hydrogen) atoms. The maximum absolute atomic E-state index is 12.4. The van der Waals surface area contributed by atoms with E-state index in [-0.39, 0.29) is 12.5 Å². The monoisotopic (exact) mass is 298 g/mol. The standard InChI is InChI=1S/C14H22N2O3S/c1-11-6-12(2)8-14(7-11)15-20(18,19)16-5-3-4-13(9-16)10-17/h6-8,13,15,17H,3-5,9-10H2,1-2H3. The first-order valence-corrected chi connectivity index (χ1v) is 8.32. The van der Waals surface area contributed by atoms with Gasteiger partial charge in [0.15, 0.2) is 0 Å². The number of hydrogen-bond donors (Lipinski definition) is 2. The van der Waals surface area contributed by atoms with Gasteiger partial charge >= 0.3 is 10.2 Å². The Labute approximate surface area is 120 Å². The van der Waals surface area contributed by atoms with Crippen molar-refractivity contribution < 1.29 is 13.5 Å². The van der Waals surface area contributed by atoms with Gasteiger partial charge in [-0.15, -0.1) is 0 Å². The quantitative estimate of drug-likeness (QED) is 0.888. The maximum atomic E-state index is 12.4. The first-order valence-electron chi connectivity index (χ1n) is 6.88. The highest BCUT2D eigenvalue weighted by atomic mass is 32.2. The van der Waals surface area contributed by atoms with Gasteiger partial charge in [0.1, 0.15) is 0 Å². The van der Waals surface area contributed by atoms with Crippen LogP contribution in [0.4, 0.5) is 5.69 Å². The second kappa shape index (κ2) is 6.11. The average Bonchev–Trinajstić information content (AvgIpc) is 2.37. The number of rotatable bonds is 4. The van der Waals surface area contributed by atoms with E-state index in [1.807, 2.05) is 32.0 Å². The molecule has 1 aromatic rings. The molecule has 1 fully saturated rings. The van der Waals surface area contributed by atoms with Crippen molar-refractivity contribution in [3.63, 3.8) is 0 Å². The van der Waals surface area contributed by atoms with Gasteiger partial charge in [0.2, 0.25) is 0 Å². The number of hydrogen-bond acceptors (Lipinski definition) is 3. The Bertz CT molecular complexity index is 552. The molecule has 112 valence electrons. The van der Waals surface area contributed by atoms with Crippen molar-refractivity contribution in [1.29, 1.82) is 0 Å². The molecule has 2 rings (SSSR count). The topological polar surface area (TPSA) is 69.6 Å². The van der Waals surface area contributed by atoms with E-state index in [1.54, 1.807) is 0 Å². The number of aliphatic hydroxyl groups excluding tert-OH is 1. The SMILES string of the molecule is Cc1cc(C)cc(NS(=O)(=O)N2CCCC(CO)C2)c1. The summed E-state index contributed by atoms with van der Waals surface area (Å²) in [6.07, 6.45) is 1.67. The normalized spacial score (nSPS) is 20.9. The van der Waals surface area contributed by atoms with Crippen LogP contribution < -0.4 is 4.72 Å². The predicted molar refractivity (Wildman–Crippen MR) is 79.8 cm³/mol. The summed E-state index contributed by atoms with van der Waals surface area (Å²) in [5.74, 6) is 0.0413. The average molecular weight is 298 g/mol. The van der Waals surface area contributed by atoms with Crippen LogP contribution in [0.25, 0.3) is 0 Å². The van der Waals surface area contributed by atoms with E-state index < -0.39 is 10.2 Å². The molecule has 1 atom stereocenters. The first-order chi connectivity index (χ1) is 9.40. The van der Waals surface area contributed by atoms with Crippen molar-refractivity contribution >= 4 is 15.9 Å². The lowest BCUT2D eigenvalue weighted by molar-refractivity contribution is 0.166. The molecule has 1 aromatic carbocycles. The van der Waals surface area contributed by atoms with Crippen molar-refractivity contribution in [2.45, 2.75) is 26.7 Å². The third kappa shape index (κ3) is 3.71.